The Bertz CT molecular complexity index is 595. The molecule has 0 aliphatic rings. The van der Waals surface area contributed by atoms with Crippen molar-refractivity contribution < 1.29 is 4.79 Å². The fourth-order valence-electron chi connectivity index (χ4n) is 1.26. The normalized spacial score (nSPS) is 10.8. The Hall–Kier alpha value is -0.980. The number of thiophene rings is 1. The third-order valence-corrected chi connectivity index (χ3v) is 4.32. The second-order valence-electron chi connectivity index (χ2n) is 3.32. The van der Waals surface area contributed by atoms with Crippen molar-refractivity contribution in [3.05, 3.63) is 55.1 Å². The fourth-order valence-corrected chi connectivity index (χ4v) is 3.02. The Labute approximate surface area is 125 Å². The lowest BCUT2D eigenvalue weighted by Gasteiger charge is -2.01. The van der Waals surface area contributed by atoms with E-state index in [2.05, 4.69) is 42.4 Å². The number of carbonyl (C=O) groups is 1. The number of hydrogen-bond donors (Lipinski definition) is 1. The molecule has 0 fully saturated rings. The number of carbonyl (C=O) groups excluding carboxylic acids is 1. The predicted octanol–water partition coefficient (Wildman–Crippen LogP) is 4.04. The number of amides is 1. The number of halogens is 2. The van der Waals surface area contributed by atoms with Crippen LogP contribution in [0.4, 0.5) is 0 Å². The molecule has 0 spiro atoms. The Morgan fingerprint density at radius 1 is 1.22 bits per heavy atom. The second kappa shape index (κ2) is 6.26. The van der Waals surface area contributed by atoms with Crippen LogP contribution in [-0.4, -0.2) is 12.1 Å². The topological polar surface area (TPSA) is 41.5 Å². The third kappa shape index (κ3) is 3.51. The van der Waals surface area contributed by atoms with Crippen molar-refractivity contribution in [2.24, 2.45) is 5.10 Å². The summed E-state index contributed by atoms with van der Waals surface area (Å²) in [5.41, 5.74) is 3.05. The third-order valence-electron chi connectivity index (χ3n) is 2.07. The van der Waals surface area contributed by atoms with Crippen molar-refractivity contribution >= 4 is 55.3 Å². The number of rotatable bonds is 3. The van der Waals surface area contributed by atoms with Gasteiger partial charge in [-0.25, -0.2) is 5.43 Å². The van der Waals surface area contributed by atoms with E-state index in [1.807, 2.05) is 24.3 Å². The van der Waals surface area contributed by atoms with Gasteiger partial charge in [0.1, 0.15) is 0 Å². The van der Waals surface area contributed by atoms with Crippen molar-refractivity contribution in [3.8, 4) is 0 Å². The van der Waals surface area contributed by atoms with E-state index in [1.165, 1.54) is 0 Å². The first-order valence-electron chi connectivity index (χ1n) is 5.00. The number of benzene rings is 1. The summed E-state index contributed by atoms with van der Waals surface area (Å²) in [4.78, 5) is 12.8. The SMILES string of the molecule is O=C(N/N=C/c1ccc(Br)s1)c1ccccc1Br. The molecular formula is C12H8Br2N2OS. The summed E-state index contributed by atoms with van der Waals surface area (Å²) < 4.78 is 1.78. The average Bonchev–Trinajstić information content (AvgIpc) is 2.75. The lowest BCUT2D eigenvalue weighted by molar-refractivity contribution is 0.0954. The van der Waals surface area contributed by atoms with Gasteiger partial charge in [-0.1, -0.05) is 12.1 Å². The van der Waals surface area contributed by atoms with Crippen molar-refractivity contribution in [3.63, 3.8) is 0 Å². The van der Waals surface area contributed by atoms with Crippen molar-refractivity contribution in [2.45, 2.75) is 0 Å². The molecule has 2 rings (SSSR count). The molecule has 0 aliphatic heterocycles. The van der Waals surface area contributed by atoms with Gasteiger partial charge in [0.05, 0.1) is 15.6 Å². The maximum Gasteiger partial charge on any atom is 0.272 e. The van der Waals surface area contributed by atoms with Crippen LogP contribution in [0.1, 0.15) is 15.2 Å². The van der Waals surface area contributed by atoms with Gasteiger partial charge in [0.25, 0.3) is 5.91 Å². The van der Waals surface area contributed by atoms with Gasteiger partial charge < -0.3 is 0 Å². The molecule has 6 heteroatoms. The highest BCUT2D eigenvalue weighted by molar-refractivity contribution is 9.11. The van der Waals surface area contributed by atoms with E-state index in [4.69, 9.17) is 0 Å². The number of nitrogens with one attached hydrogen (secondary N) is 1. The zero-order valence-electron chi connectivity index (χ0n) is 9.06. The molecule has 3 nitrogen and oxygen atoms in total. The molecule has 18 heavy (non-hydrogen) atoms. The van der Waals surface area contributed by atoms with Crippen LogP contribution >= 0.6 is 43.2 Å². The molecule has 0 aliphatic carbocycles. The van der Waals surface area contributed by atoms with Crippen LogP contribution < -0.4 is 5.43 Å². The summed E-state index contributed by atoms with van der Waals surface area (Å²) in [5, 5.41) is 3.92. The Morgan fingerprint density at radius 2 is 2.00 bits per heavy atom. The summed E-state index contributed by atoms with van der Waals surface area (Å²) in [6.45, 7) is 0. The maximum absolute atomic E-state index is 11.8. The zero-order valence-corrected chi connectivity index (χ0v) is 13.0. The summed E-state index contributed by atoms with van der Waals surface area (Å²) in [6.07, 6.45) is 1.62. The minimum absolute atomic E-state index is 0.241. The molecule has 0 bridgehead atoms. The highest BCUT2D eigenvalue weighted by atomic mass is 79.9. The van der Waals surface area contributed by atoms with E-state index >= 15 is 0 Å². The molecular weight excluding hydrogens is 380 g/mol. The van der Waals surface area contributed by atoms with Crippen LogP contribution in [0.15, 0.2) is 49.8 Å². The van der Waals surface area contributed by atoms with Crippen LogP contribution in [0.2, 0.25) is 0 Å². The summed E-state index contributed by atoms with van der Waals surface area (Å²) >= 11 is 8.23. The Morgan fingerprint density at radius 3 is 2.67 bits per heavy atom. The highest BCUT2D eigenvalue weighted by Gasteiger charge is 2.07. The van der Waals surface area contributed by atoms with Gasteiger partial charge in [0.2, 0.25) is 0 Å². The maximum atomic E-state index is 11.8. The van der Waals surface area contributed by atoms with Gasteiger partial charge in [-0.3, -0.25) is 4.79 Å². The molecule has 2 aromatic rings. The summed E-state index contributed by atoms with van der Waals surface area (Å²) in [6, 6.07) is 11.1. The first-order chi connectivity index (χ1) is 8.66. The van der Waals surface area contributed by atoms with Crippen LogP contribution in [0, 0.1) is 0 Å². The highest BCUT2D eigenvalue weighted by Crippen LogP contribution is 2.20. The van der Waals surface area contributed by atoms with E-state index in [9.17, 15) is 4.79 Å². The standard InChI is InChI=1S/C12H8Br2N2OS/c13-10-4-2-1-3-9(10)12(17)16-15-7-8-5-6-11(14)18-8/h1-7H,(H,16,17)/b15-7+. The molecule has 0 unspecified atom stereocenters. The predicted molar refractivity (Wildman–Crippen MR) is 81.2 cm³/mol. The average molecular weight is 388 g/mol. The molecule has 92 valence electrons. The number of hydrogen-bond acceptors (Lipinski definition) is 3. The molecule has 1 N–H and O–H groups in total. The monoisotopic (exact) mass is 386 g/mol. The van der Waals surface area contributed by atoms with Gasteiger partial charge in [0.15, 0.2) is 0 Å². The minimum Gasteiger partial charge on any atom is -0.267 e. The van der Waals surface area contributed by atoms with E-state index in [0.717, 1.165) is 13.1 Å². The molecule has 0 saturated carbocycles. The van der Waals surface area contributed by atoms with Gasteiger partial charge in [0, 0.05) is 9.35 Å². The first kappa shape index (κ1) is 13.5. The number of nitrogens with zero attached hydrogens (tertiary/aromatic N) is 1. The van der Waals surface area contributed by atoms with Crippen LogP contribution in [0.3, 0.4) is 0 Å². The largest absolute Gasteiger partial charge is 0.272 e. The van der Waals surface area contributed by atoms with Gasteiger partial charge in [-0.2, -0.15) is 5.10 Å². The van der Waals surface area contributed by atoms with Gasteiger partial charge in [-0.15, -0.1) is 11.3 Å². The van der Waals surface area contributed by atoms with Crippen LogP contribution in [0.5, 0.6) is 0 Å². The van der Waals surface area contributed by atoms with Crippen LogP contribution in [0.25, 0.3) is 0 Å². The van der Waals surface area contributed by atoms with Crippen molar-refractivity contribution in [1.82, 2.24) is 5.43 Å². The molecule has 1 amide bonds. The second-order valence-corrected chi connectivity index (χ2v) is 6.67. The van der Waals surface area contributed by atoms with Crippen LogP contribution in [-0.2, 0) is 0 Å². The van der Waals surface area contributed by atoms with E-state index in [-0.39, 0.29) is 5.91 Å². The summed E-state index contributed by atoms with van der Waals surface area (Å²) in [7, 11) is 0. The quantitative estimate of drug-likeness (QED) is 0.626. The fraction of sp³-hybridized carbons (Fsp3) is 0. The molecule has 0 radical (unpaired) electrons. The lowest BCUT2D eigenvalue weighted by Crippen LogP contribution is -2.17. The lowest BCUT2D eigenvalue weighted by atomic mass is 10.2. The van der Waals surface area contributed by atoms with E-state index in [0.29, 0.717) is 5.56 Å². The Kier molecular flexibility index (Phi) is 4.68. The number of hydrazone groups is 1. The minimum atomic E-state index is -0.241. The van der Waals surface area contributed by atoms with Gasteiger partial charge >= 0.3 is 0 Å². The first-order valence-corrected chi connectivity index (χ1v) is 7.40. The molecule has 0 atom stereocenters. The van der Waals surface area contributed by atoms with Crippen molar-refractivity contribution in [1.29, 1.82) is 0 Å². The molecule has 0 saturated heterocycles. The van der Waals surface area contributed by atoms with Gasteiger partial charge in [-0.05, 0) is 56.1 Å². The zero-order chi connectivity index (χ0) is 13.0. The van der Waals surface area contributed by atoms with Crippen molar-refractivity contribution in [2.75, 3.05) is 0 Å². The smallest absolute Gasteiger partial charge is 0.267 e. The summed E-state index contributed by atoms with van der Waals surface area (Å²) in [5.74, 6) is -0.241. The Balaban J connectivity index is 2.01. The molecule has 1 heterocycles. The molecule has 1 aromatic heterocycles. The van der Waals surface area contributed by atoms with E-state index < -0.39 is 0 Å². The molecule has 1 aromatic carbocycles. The van der Waals surface area contributed by atoms with E-state index in [1.54, 1.807) is 29.7 Å².